The molecule has 6 heteroatoms. The average Bonchev–Trinajstić information content (AvgIpc) is 2.42. The van der Waals surface area contributed by atoms with Crippen LogP contribution in [0.2, 0.25) is 0 Å². The van der Waals surface area contributed by atoms with Crippen molar-refractivity contribution < 1.29 is 9.18 Å². The molecule has 108 valence electrons. The van der Waals surface area contributed by atoms with Crippen LogP contribution in [0.5, 0.6) is 0 Å². The van der Waals surface area contributed by atoms with Crippen LogP contribution in [0.3, 0.4) is 0 Å². The number of nitrogens with one attached hydrogen (secondary N) is 1. The van der Waals surface area contributed by atoms with Gasteiger partial charge in [-0.15, -0.1) is 0 Å². The van der Waals surface area contributed by atoms with Gasteiger partial charge in [0.15, 0.2) is 11.6 Å². The van der Waals surface area contributed by atoms with E-state index in [9.17, 15) is 9.18 Å². The Balaban J connectivity index is 2.01. The van der Waals surface area contributed by atoms with E-state index in [0.29, 0.717) is 24.0 Å². The topological polar surface area (TPSA) is 58.1 Å². The van der Waals surface area contributed by atoms with Gasteiger partial charge in [-0.3, -0.25) is 4.79 Å². The molecule has 2 aliphatic heterocycles. The molecule has 0 spiro atoms. The Kier molecular flexibility index (Phi) is 3.31. The third-order valence-electron chi connectivity index (χ3n) is 4.22. The number of nitrogens with zero attached hydrogens (tertiary/aromatic N) is 3. The first-order valence-corrected chi connectivity index (χ1v) is 7.13. The number of carbonyl (C=O) groups excluding carboxylic acids is 1. The summed E-state index contributed by atoms with van der Waals surface area (Å²) in [7, 11) is 0. The lowest BCUT2D eigenvalue weighted by molar-refractivity contribution is -0.125. The average molecular weight is 278 g/mol. The predicted molar refractivity (Wildman–Crippen MR) is 72.9 cm³/mol. The molecule has 3 rings (SSSR count). The van der Waals surface area contributed by atoms with Crippen molar-refractivity contribution in [3.8, 4) is 0 Å². The Labute approximate surface area is 117 Å². The summed E-state index contributed by atoms with van der Waals surface area (Å²) in [6.45, 7) is 4.77. The first-order valence-electron chi connectivity index (χ1n) is 7.13. The number of hydrogen-bond acceptors (Lipinski definition) is 4. The third-order valence-corrected chi connectivity index (χ3v) is 4.22. The Bertz CT molecular complexity index is 546. The van der Waals surface area contributed by atoms with Crippen LogP contribution in [0.4, 0.5) is 10.2 Å². The molecular weight excluding hydrogens is 259 g/mol. The number of fused-ring (bicyclic) bond motifs is 1. The molecule has 2 fully saturated rings. The number of carbonyl (C=O) groups is 1. The van der Waals surface area contributed by atoms with Crippen molar-refractivity contribution in [2.45, 2.75) is 39.2 Å². The summed E-state index contributed by atoms with van der Waals surface area (Å²) < 4.78 is 14.4. The quantitative estimate of drug-likeness (QED) is 0.842. The third kappa shape index (κ3) is 2.13. The van der Waals surface area contributed by atoms with Crippen molar-refractivity contribution in [2.24, 2.45) is 5.92 Å². The highest BCUT2D eigenvalue weighted by molar-refractivity contribution is 5.86. The number of halogens is 1. The van der Waals surface area contributed by atoms with E-state index in [-0.39, 0.29) is 17.8 Å². The molecule has 2 saturated heterocycles. The molecule has 2 unspecified atom stereocenters. The van der Waals surface area contributed by atoms with Gasteiger partial charge in [-0.1, -0.05) is 0 Å². The lowest BCUT2D eigenvalue weighted by Gasteiger charge is -2.43. The minimum Gasteiger partial charge on any atom is -0.354 e. The lowest BCUT2D eigenvalue weighted by atomic mass is 9.83. The summed E-state index contributed by atoms with van der Waals surface area (Å²) in [6, 6.07) is -0.291. The highest BCUT2D eigenvalue weighted by Gasteiger charge is 2.40. The van der Waals surface area contributed by atoms with Crippen LogP contribution in [-0.4, -0.2) is 35.0 Å². The second-order valence-electron chi connectivity index (χ2n) is 5.61. The number of rotatable bonds is 1. The molecule has 1 aromatic rings. The molecule has 1 N–H and O–H groups in total. The van der Waals surface area contributed by atoms with Crippen molar-refractivity contribution in [2.75, 3.05) is 18.0 Å². The number of hydrogen-bond donors (Lipinski definition) is 1. The monoisotopic (exact) mass is 278 g/mol. The van der Waals surface area contributed by atoms with E-state index in [1.165, 1.54) is 0 Å². The molecule has 5 nitrogen and oxygen atoms in total. The molecule has 0 radical (unpaired) electrons. The van der Waals surface area contributed by atoms with E-state index in [2.05, 4.69) is 15.3 Å². The maximum absolute atomic E-state index is 14.4. The van der Waals surface area contributed by atoms with E-state index < -0.39 is 5.82 Å². The van der Waals surface area contributed by atoms with Crippen molar-refractivity contribution in [3.63, 3.8) is 0 Å². The van der Waals surface area contributed by atoms with E-state index in [0.717, 1.165) is 25.8 Å². The van der Waals surface area contributed by atoms with Gasteiger partial charge in [0, 0.05) is 13.1 Å². The van der Waals surface area contributed by atoms with Crippen LogP contribution < -0.4 is 10.2 Å². The largest absolute Gasteiger partial charge is 0.354 e. The zero-order chi connectivity index (χ0) is 14.3. The van der Waals surface area contributed by atoms with Gasteiger partial charge in [-0.2, -0.15) is 0 Å². The normalized spacial score (nSPS) is 26.1. The number of amides is 1. The van der Waals surface area contributed by atoms with Gasteiger partial charge in [0.05, 0.1) is 5.69 Å². The predicted octanol–water partition coefficient (Wildman–Crippen LogP) is 1.34. The van der Waals surface area contributed by atoms with Crippen molar-refractivity contribution >= 4 is 11.7 Å². The summed E-state index contributed by atoms with van der Waals surface area (Å²) in [5.41, 5.74) is 0.339. The van der Waals surface area contributed by atoms with E-state index in [1.54, 1.807) is 13.8 Å². The van der Waals surface area contributed by atoms with Gasteiger partial charge in [0.25, 0.3) is 0 Å². The lowest BCUT2D eigenvalue weighted by Crippen LogP contribution is -2.58. The minimum atomic E-state index is -0.408. The van der Waals surface area contributed by atoms with Gasteiger partial charge < -0.3 is 10.2 Å². The summed E-state index contributed by atoms with van der Waals surface area (Å²) in [6.07, 6.45) is 2.95. The molecule has 0 bridgehead atoms. The molecule has 1 amide bonds. The Morgan fingerprint density at radius 1 is 1.30 bits per heavy atom. The summed E-state index contributed by atoms with van der Waals surface area (Å²) >= 11 is 0. The van der Waals surface area contributed by atoms with E-state index >= 15 is 0 Å². The number of anilines is 1. The molecule has 0 aromatic carbocycles. The van der Waals surface area contributed by atoms with Gasteiger partial charge in [-0.25, -0.2) is 14.4 Å². The molecule has 2 aliphatic rings. The fourth-order valence-corrected chi connectivity index (χ4v) is 3.33. The van der Waals surface area contributed by atoms with Gasteiger partial charge in [0.2, 0.25) is 5.91 Å². The zero-order valence-electron chi connectivity index (χ0n) is 11.8. The van der Waals surface area contributed by atoms with E-state index in [1.807, 2.05) is 4.90 Å². The molecule has 0 aliphatic carbocycles. The van der Waals surface area contributed by atoms with Crippen LogP contribution in [0.1, 0.15) is 30.8 Å². The fraction of sp³-hybridized carbons (Fsp3) is 0.643. The molecule has 3 heterocycles. The first-order chi connectivity index (χ1) is 9.58. The SMILES string of the molecule is Cc1nc(C)c(F)c(N2CCCC3CCNC(=O)C32)n1. The van der Waals surface area contributed by atoms with Crippen molar-refractivity contribution in [3.05, 3.63) is 17.3 Å². The van der Waals surface area contributed by atoms with Crippen LogP contribution in [-0.2, 0) is 4.79 Å². The summed E-state index contributed by atoms with van der Waals surface area (Å²) in [5.74, 6) is 0.704. The summed E-state index contributed by atoms with van der Waals surface area (Å²) in [4.78, 5) is 22.3. The molecular formula is C14H19FN4O. The summed E-state index contributed by atoms with van der Waals surface area (Å²) in [5, 5.41) is 2.88. The maximum atomic E-state index is 14.4. The molecule has 0 saturated carbocycles. The Morgan fingerprint density at radius 3 is 2.90 bits per heavy atom. The Morgan fingerprint density at radius 2 is 2.10 bits per heavy atom. The zero-order valence-corrected chi connectivity index (χ0v) is 11.8. The second kappa shape index (κ2) is 5.00. The number of aromatic nitrogens is 2. The van der Waals surface area contributed by atoms with Crippen molar-refractivity contribution in [1.82, 2.24) is 15.3 Å². The molecule has 20 heavy (non-hydrogen) atoms. The number of piperidine rings is 2. The van der Waals surface area contributed by atoms with Gasteiger partial charge in [-0.05, 0) is 39.0 Å². The van der Waals surface area contributed by atoms with Crippen molar-refractivity contribution in [1.29, 1.82) is 0 Å². The van der Waals surface area contributed by atoms with Gasteiger partial charge in [0.1, 0.15) is 11.9 Å². The van der Waals surface area contributed by atoms with E-state index in [4.69, 9.17) is 0 Å². The highest BCUT2D eigenvalue weighted by Crippen LogP contribution is 2.33. The first kappa shape index (κ1) is 13.3. The fourth-order valence-electron chi connectivity index (χ4n) is 3.33. The minimum absolute atomic E-state index is 0.00531. The van der Waals surface area contributed by atoms with Crippen LogP contribution in [0.15, 0.2) is 0 Å². The smallest absolute Gasteiger partial charge is 0.243 e. The Hall–Kier alpha value is -1.72. The van der Waals surface area contributed by atoms with Crippen LogP contribution in [0.25, 0.3) is 0 Å². The van der Waals surface area contributed by atoms with Gasteiger partial charge >= 0.3 is 0 Å². The number of aryl methyl sites for hydroxylation is 2. The van der Waals surface area contributed by atoms with Crippen LogP contribution in [0, 0.1) is 25.6 Å². The second-order valence-corrected chi connectivity index (χ2v) is 5.61. The highest BCUT2D eigenvalue weighted by atomic mass is 19.1. The molecule has 2 atom stereocenters. The molecule has 1 aromatic heterocycles. The maximum Gasteiger partial charge on any atom is 0.243 e. The standard InChI is InChI=1S/C14H19FN4O/c1-8-11(15)13(18-9(2)17-8)19-7-3-4-10-5-6-16-14(20)12(10)19/h10,12H,3-7H2,1-2H3,(H,16,20). The van der Waals surface area contributed by atoms with Crippen LogP contribution >= 0.6 is 0 Å².